The van der Waals surface area contributed by atoms with Crippen LogP contribution in [0.5, 0.6) is 5.75 Å². The number of H-pyrrole nitrogens is 1. The Morgan fingerprint density at radius 1 is 1.25 bits per heavy atom. The summed E-state index contributed by atoms with van der Waals surface area (Å²) in [6, 6.07) is 14.4. The number of hydrogen-bond donors (Lipinski definition) is 2. The summed E-state index contributed by atoms with van der Waals surface area (Å²) in [6.07, 6.45) is 3.54. The van der Waals surface area contributed by atoms with Crippen molar-refractivity contribution in [3.8, 4) is 17.0 Å². The zero-order valence-electron chi connectivity index (χ0n) is 20.7. The molecule has 0 bridgehead atoms. The average Bonchev–Trinajstić information content (AvgIpc) is 3.31. The first-order chi connectivity index (χ1) is 17.4. The summed E-state index contributed by atoms with van der Waals surface area (Å²) in [5, 5.41) is 11.6. The lowest BCUT2D eigenvalue weighted by molar-refractivity contribution is 0.0811. The molecule has 2 N–H and O–H groups in total. The fourth-order valence-corrected chi connectivity index (χ4v) is 5.04. The van der Waals surface area contributed by atoms with Gasteiger partial charge in [-0.1, -0.05) is 6.07 Å². The molecule has 0 radical (unpaired) electrons. The normalized spacial score (nSPS) is 18.3. The van der Waals surface area contributed by atoms with E-state index < -0.39 is 0 Å². The smallest absolute Gasteiger partial charge is 0.251 e. The van der Waals surface area contributed by atoms with E-state index in [1.807, 2.05) is 37.3 Å². The van der Waals surface area contributed by atoms with Crippen LogP contribution in [0.3, 0.4) is 0 Å². The molecule has 7 nitrogen and oxygen atoms in total. The number of piperidine rings is 1. The minimum atomic E-state index is -0.277. The van der Waals surface area contributed by atoms with Gasteiger partial charge in [0.25, 0.3) is 5.91 Å². The van der Waals surface area contributed by atoms with Crippen LogP contribution in [0.25, 0.3) is 22.2 Å². The van der Waals surface area contributed by atoms with Crippen molar-refractivity contribution in [2.24, 2.45) is 0 Å². The first-order valence-electron chi connectivity index (χ1n) is 12.2. The van der Waals surface area contributed by atoms with Crippen molar-refractivity contribution >= 4 is 16.8 Å². The van der Waals surface area contributed by atoms with Crippen LogP contribution in [0.4, 0.5) is 4.39 Å². The number of methoxy groups -OCH3 is 1. The number of benzene rings is 2. The number of ether oxygens (including phenoxy) is 1. The van der Waals surface area contributed by atoms with Gasteiger partial charge in [0.2, 0.25) is 0 Å². The van der Waals surface area contributed by atoms with Crippen molar-refractivity contribution < 1.29 is 13.9 Å². The average molecular weight is 488 g/mol. The Balaban J connectivity index is 1.34. The molecule has 3 heterocycles. The molecule has 1 amide bonds. The van der Waals surface area contributed by atoms with E-state index in [4.69, 9.17) is 4.74 Å². The van der Waals surface area contributed by atoms with E-state index in [0.29, 0.717) is 23.4 Å². The SMILES string of the molecule is COc1cccc(F)c1CN1CCCC(NC(=O)c2ccc3[nH]nc(-c4ccnc(C)c4)c3c2)C1C. The van der Waals surface area contributed by atoms with Crippen LogP contribution in [0.15, 0.2) is 54.7 Å². The van der Waals surface area contributed by atoms with Gasteiger partial charge in [0.1, 0.15) is 17.3 Å². The Morgan fingerprint density at radius 2 is 2.11 bits per heavy atom. The summed E-state index contributed by atoms with van der Waals surface area (Å²) in [7, 11) is 1.55. The maximum atomic E-state index is 14.5. The standard InChI is InChI=1S/C28H30FN5O2/c1-17-14-19(11-12-30-17)27-21-15-20(9-10-25(21)32-33-27)28(35)31-24-7-5-13-34(18(24)2)16-22-23(29)6-4-8-26(22)36-3/h4,6,8-12,14-15,18,24H,5,7,13,16H2,1-3H3,(H,31,35)(H,32,33). The van der Waals surface area contributed by atoms with Gasteiger partial charge < -0.3 is 10.1 Å². The van der Waals surface area contributed by atoms with E-state index in [0.717, 1.165) is 47.2 Å². The minimum Gasteiger partial charge on any atom is -0.496 e. The predicted octanol–water partition coefficient (Wildman–Crippen LogP) is 4.86. The summed E-state index contributed by atoms with van der Waals surface area (Å²) < 4.78 is 19.9. The van der Waals surface area contributed by atoms with Gasteiger partial charge in [-0.05, 0) is 75.7 Å². The van der Waals surface area contributed by atoms with E-state index in [1.54, 1.807) is 25.4 Å². The Kier molecular flexibility index (Phi) is 6.69. The van der Waals surface area contributed by atoms with Crippen LogP contribution in [-0.2, 0) is 6.54 Å². The second-order valence-corrected chi connectivity index (χ2v) is 9.37. The van der Waals surface area contributed by atoms with Gasteiger partial charge in [-0.2, -0.15) is 5.10 Å². The fraction of sp³-hybridized carbons (Fsp3) is 0.321. The molecule has 1 fully saturated rings. The number of aromatic nitrogens is 3. The Bertz CT molecular complexity index is 1400. The molecule has 2 atom stereocenters. The largest absolute Gasteiger partial charge is 0.496 e. The highest BCUT2D eigenvalue weighted by atomic mass is 19.1. The van der Waals surface area contributed by atoms with Crippen LogP contribution < -0.4 is 10.1 Å². The molecule has 1 aliphatic rings. The molecule has 36 heavy (non-hydrogen) atoms. The summed E-state index contributed by atoms with van der Waals surface area (Å²) in [6.45, 7) is 5.29. The van der Waals surface area contributed by atoms with E-state index in [2.05, 4.69) is 32.3 Å². The van der Waals surface area contributed by atoms with Crippen molar-refractivity contribution in [2.45, 2.75) is 45.3 Å². The number of rotatable bonds is 6. The zero-order valence-corrected chi connectivity index (χ0v) is 20.7. The van der Waals surface area contributed by atoms with Crippen LogP contribution in [-0.4, -0.2) is 51.7 Å². The topological polar surface area (TPSA) is 83.1 Å². The highest BCUT2D eigenvalue weighted by Crippen LogP contribution is 2.29. The number of pyridine rings is 1. The lowest BCUT2D eigenvalue weighted by atomic mass is 9.96. The number of halogens is 1. The van der Waals surface area contributed by atoms with E-state index in [9.17, 15) is 9.18 Å². The third kappa shape index (κ3) is 4.68. The molecule has 0 saturated carbocycles. The molecule has 1 saturated heterocycles. The molecule has 2 unspecified atom stereocenters. The number of likely N-dealkylation sites (tertiary alicyclic amines) is 1. The van der Waals surface area contributed by atoms with Gasteiger partial charge in [0, 0.05) is 52.6 Å². The highest BCUT2D eigenvalue weighted by Gasteiger charge is 2.30. The number of nitrogens with zero attached hydrogens (tertiary/aromatic N) is 3. The lowest BCUT2D eigenvalue weighted by Crippen LogP contribution is -2.53. The summed E-state index contributed by atoms with van der Waals surface area (Å²) >= 11 is 0. The highest BCUT2D eigenvalue weighted by molar-refractivity contribution is 6.01. The van der Waals surface area contributed by atoms with Crippen LogP contribution in [0.1, 0.15) is 41.4 Å². The number of amides is 1. The summed E-state index contributed by atoms with van der Waals surface area (Å²) in [5.74, 6) is 0.139. The molecule has 2 aromatic carbocycles. The second kappa shape index (κ2) is 10.1. The fourth-order valence-electron chi connectivity index (χ4n) is 5.04. The number of carbonyl (C=O) groups is 1. The molecule has 5 rings (SSSR count). The summed E-state index contributed by atoms with van der Waals surface area (Å²) in [4.78, 5) is 19.8. The third-order valence-electron chi connectivity index (χ3n) is 7.09. The van der Waals surface area contributed by atoms with Gasteiger partial charge in [-0.25, -0.2) is 4.39 Å². The van der Waals surface area contributed by atoms with Crippen LogP contribution in [0, 0.1) is 12.7 Å². The zero-order chi connectivity index (χ0) is 25.2. The second-order valence-electron chi connectivity index (χ2n) is 9.37. The Labute approximate surface area is 209 Å². The van der Waals surface area contributed by atoms with Crippen LogP contribution in [0.2, 0.25) is 0 Å². The van der Waals surface area contributed by atoms with Gasteiger partial charge in [0.05, 0.1) is 12.6 Å². The number of aryl methyl sites for hydroxylation is 1. The quantitative estimate of drug-likeness (QED) is 0.406. The Morgan fingerprint density at radius 3 is 2.92 bits per heavy atom. The first kappa shape index (κ1) is 23.9. The van der Waals surface area contributed by atoms with Crippen molar-refractivity contribution in [3.63, 3.8) is 0 Å². The van der Waals surface area contributed by atoms with Crippen LogP contribution >= 0.6 is 0 Å². The van der Waals surface area contributed by atoms with E-state index in [1.165, 1.54) is 6.07 Å². The van der Waals surface area contributed by atoms with Crippen molar-refractivity contribution in [3.05, 3.63) is 77.4 Å². The maximum absolute atomic E-state index is 14.5. The van der Waals surface area contributed by atoms with Crippen molar-refractivity contribution in [1.29, 1.82) is 0 Å². The number of carbonyl (C=O) groups excluding carboxylic acids is 1. The molecule has 1 aliphatic heterocycles. The van der Waals surface area contributed by atoms with Crippen molar-refractivity contribution in [1.82, 2.24) is 25.4 Å². The van der Waals surface area contributed by atoms with E-state index >= 15 is 0 Å². The molecular weight excluding hydrogens is 457 g/mol. The number of aromatic amines is 1. The number of hydrogen-bond acceptors (Lipinski definition) is 5. The molecule has 8 heteroatoms. The van der Waals surface area contributed by atoms with Gasteiger partial charge >= 0.3 is 0 Å². The first-order valence-corrected chi connectivity index (χ1v) is 12.2. The van der Waals surface area contributed by atoms with Gasteiger partial charge in [0.15, 0.2) is 0 Å². The lowest BCUT2D eigenvalue weighted by Gasteiger charge is -2.40. The van der Waals surface area contributed by atoms with Crippen molar-refractivity contribution in [2.75, 3.05) is 13.7 Å². The number of nitrogens with one attached hydrogen (secondary N) is 2. The molecule has 4 aromatic rings. The number of fused-ring (bicyclic) bond motifs is 1. The Hall–Kier alpha value is -3.78. The molecule has 186 valence electrons. The minimum absolute atomic E-state index is 0.0417. The van der Waals surface area contributed by atoms with Gasteiger partial charge in [-0.3, -0.25) is 19.8 Å². The van der Waals surface area contributed by atoms with E-state index in [-0.39, 0.29) is 23.8 Å². The van der Waals surface area contributed by atoms with Gasteiger partial charge in [-0.15, -0.1) is 0 Å². The molecule has 2 aromatic heterocycles. The predicted molar refractivity (Wildman–Crippen MR) is 137 cm³/mol. The monoisotopic (exact) mass is 487 g/mol. The third-order valence-corrected chi connectivity index (χ3v) is 7.09. The summed E-state index contributed by atoms with van der Waals surface area (Å²) in [5.41, 5.74) is 4.64. The molecule has 0 spiro atoms. The maximum Gasteiger partial charge on any atom is 0.251 e. The molecule has 0 aliphatic carbocycles. The molecular formula is C28H30FN5O2.